The molecule has 8 nitrogen and oxygen atoms in total. The van der Waals surface area contributed by atoms with Crippen LogP contribution in [0.2, 0.25) is 0 Å². The summed E-state index contributed by atoms with van der Waals surface area (Å²) in [5.74, 6) is 1.45. The van der Waals surface area contributed by atoms with Gasteiger partial charge in [0, 0.05) is 29.8 Å². The van der Waals surface area contributed by atoms with Crippen LogP contribution in [0, 0.1) is 17.0 Å². The standard InChI is InChI=1S/C17H21N5O3/c1-10(9-23)18-17-20-14(12-6-7-12)8-16(21-17)19-13-4-3-5-15(11(13)2)22(24)25/h3-5,8,10,12,23H,6-7,9H2,1-2H3,(H2,18,19,20,21)/t10-/m0/s1. The van der Waals surface area contributed by atoms with Gasteiger partial charge < -0.3 is 15.7 Å². The van der Waals surface area contributed by atoms with E-state index >= 15 is 0 Å². The highest BCUT2D eigenvalue weighted by atomic mass is 16.6. The lowest BCUT2D eigenvalue weighted by atomic mass is 10.1. The fraction of sp³-hybridized carbons (Fsp3) is 0.412. The smallest absolute Gasteiger partial charge is 0.274 e. The van der Waals surface area contributed by atoms with Gasteiger partial charge in [-0.3, -0.25) is 10.1 Å². The van der Waals surface area contributed by atoms with Crippen molar-refractivity contribution in [1.82, 2.24) is 9.97 Å². The first kappa shape index (κ1) is 17.1. The fourth-order valence-corrected chi connectivity index (χ4v) is 2.54. The Bertz CT molecular complexity index is 792. The molecule has 1 heterocycles. The summed E-state index contributed by atoms with van der Waals surface area (Å²) in [6, 6.07) is 6.62. The van der Waals surface area contributed by atoms with E-state index in [1.54, 1.807) is 19.1 Å². The van der Waals surface area contributed by atoms with E-state index in [1.807, 2.05) is 13.0 Å². The summed E-state index contributed by atoms with van der Waals surface area (Å²) in [7, 11) is 0. The van der Waals surface area contributed by atoms with Crippen molar-refractivity contribution in [3.8, 4) is 0 Å². The molecular weight excluding hydrogens is 322 g/mol. The van der Waals surface area contributed by atoms with Crippen LogP contribution in [-0.4, -0.2) is 32.6 Å². The van der Waals surface area contributed by atoms with Crippen LogP contribution in [0.5, 0.6) is 0 Å². The molecular formula is C17H21N5O3. The summed E-state index contributed by atoms with van der Waals surface area (Å²) in [4.78, 5) is 19.6. The zero-order chi connectivity index (χ0) is 18.0. The topological polar surface area (TPSA) is 113 Å². The summed E-state index contributed by atoms with van der Waals surface area (Å²) >= 11 is 0. The molecule has 0 spiro atoms. The molecule has 3 N–H and O–H groups in total. The molecule has 2 aromatic rings. The van der Waals surface area contributed by atoms with Gasteiger partial charge in [0.15, 0.2) is 0 Å². The van der Waals surface area contributed by atoms with Gasteiger partial charge in [-0.1, -0.05) is 6.07 Å². The molecule has 1 aromatic heterocycles. The maximum atomic E-state index is 11.1. The van der Waals surface area contributed by atoms with Gasteiger partial charge in [-0.25, -0.2) is 4.98 Å². The summed E-state index contributed by atoms with van der Waals surface area (Å²) in [6.45, 7) is 3.52. The number of hydrogen-bond acceptors (Lipinski definition) is 7. The van der Waals surface area contributed by atoms with Gasteiger partial charge in [-0.15, -0.1) is 0 Å². The van der Waals surface area contributed by atoms with Gasteiger partial charge in [0.25, 0.3) is 5.69 Å². The number of nitrogens with zero attached hydrogens (tertiary/aromatic N) is 3. The lowest BCUT2D eigenvalue weighted by Gasteiger charge is -2.14. The third kappa shape index (κ3) is 4.03. The van der Waals surface area contributed by atoms with E-state index in [0.717, 1.165) is 18.5 Å². The largest absolute Gasteiger partial charge is 0.394 e. The van der Waals surface area contributed by atoms with Crippen molar-refractivity contribution >= 4 is 23.1 Å². The molecule has 132 valence electrons. The average Bonchev–Trinajstić information content (AvgIpc) is 3.41. The summed E-state index contributed by atoms with van der Waals surface area (Å²) < 4.78 is 0. The lowest BCUT2D eigenvalue weighted by Crippen LogP contribution is -2.21. The van der Waals surface area contributed by atoms with E-state index in [4.69, 9.17) is 0 Å². The van der Waals surface area contributed by atoms with Crippen molar-refractivity contribution in [1.29, 1.82) is 0 Å². The van der Waals surface area contributed by atoms with Crippen molar-refractivity contribution in [2.24, 2.45) is 0 Å². The van der Waals surface area contributed by atoms with E-state index in [0.29, 0.717) is 28.9 Å². The maximum Gasteiger partial charge on any atom is 0.274 e. The highest BCUT2D eigenvalue weighted by molar-refractivity contribution is 5.66. The van der Waals surface area contributed by atoms with Crippen LogP contribution in [0.3, 0.4) is 0 Å². The first-order chi connectivity index (χ1) is 12.0. The molecule has 8 heteroatoms. The number of rotatable bonds is 7. The minimum atomic E-state index is -0.397. The van der Waals surface area contributed by atoms with Gasteiger partial charge in [0.05, 0.1) is 22.8 Å². The molecule has 0 bridgehead atoms. The Morgan fingerprint density at radius 3 is 2.80 bits per heavy atom. The van der Waals surface area contributed by atoms with Crippen molar-refractivity contribution in [3.63, 3.8) is 0 Å². The molecule has 0 saturated heterocycles. The molecule has 25 heavy (non-hydrogen) atoms. The van der Waals surface area contributed by atoms with Crippen molar-refractivity contribution in [3.05, 3.63) is 45.6 Å². The molecule has 1 aliphatic carbocycles. The number of nitro benzene ring substituents is 1. The Morgan fingerprint density at radius 2 is 2.16 bits per heavy atom. The van der Waals surface area contributed by atoms with Crippen LogP contribution in [0.25, 0.3) is 0 Å². The minimum Gasteiger partial charge on any atom is -0.394 e. The molecule has 1 aliphatic rings. The number of aromatic nitrogens is 2. The van der Waals surface area contributed by atoms with E-state index < -0.39 is 4.92 Å². The highest BCUT2D eigenvalue weighted by Gasteiger charge is 2.26. The van der Waals surface area contributed by atoms with E-state index in [9.17, 15) is 15.2 Å². The Hall–Kier alpha value is -2.74. The van der Waals surface area contributed by atoms with Crippen LogP contribution in [0.1, 0.15) is 36.9 Å². The van der Waals surface area contributed by atoms with Gasteiger partial charge in [0.2, 0.25) is 5.95 Å². The van der Waals surface area contributed by atoms with Crippen LogP contribution in [0.15, 0.2) is 24.3 Å². The molecule has 0 aliphatic heterocycles. The molecule has 0 unspecified atom stereocenters. The van der Waals surface area contributed by atoms with Gasteiger partial charge in [-0.2, -0.15) is 4.98 Å². The SMILES string of the molecule is Cc1c(Nc2cc(C3CC3)nc(N[C@@H](C)CO)n2)cccc1[N+](=O)[O-]. The molecule has 1 aromatic carbocycles. The molecule has 3 rings (SSSR count). The maximum absolute atomic E-state index is 11.1. The van der Waals surface area contributed by atoms with Gasteiger partial charge >= 0.3 is 0 Å². The van der Waals surface area contributed by atoms with Gasteiger partial charge in [-0.05, 0) is 32.8 Å². The molecule has 1 atom stereocenters. The number of hydrogen-bond donors (Lipinski definition) is 3. The molecule has 0 amide bonds. The second kappa shape index (κ2) is 7.02. The van der Waals surface area contributed by atoms with Crippen LogP contribution in [-0.2, 0) is 0 Å². The number of aliphatic hydroxyl groups is 1. The fourth-order valence-electron chi connectivity index (χ4n) is 2.54. The Balaban J connectivity index is 1.91. The van der Waals surface area contributed by atoms with Crippen molar-refractivity contribution in [2.75, 3.05) is 17.2 Å². The number of anilines is 3. The molecule has 1 saturated carbocycles. The summed E-state index contributed by atoms with van der Waals surface area (Å²) in [6.07, 6.45) is 2.20. The van der Waals surface area contributed by atoms with E-state index in [-0.39, 0.29) is 18.3 Å². The number of nitro groups is 1. The van der Waals surface area contributed by atoms with E-state index in [1.165, 1.54) is 6.07 Å². The monoisotopic (exact) mass is 343 g/mol. The predicted octanol–water partition coefficient (Wildman–Crippen LogP) is 3.11. The quantitative estimate of drug-likeness (QED) is 0.523. The highest BCUT2D eigenvalue weighted by Crippen LogP contribution is 2.40. The molecule has 0 radical (unpaired) electrons. The first-order valence-electron chi connectivity index (χ1n) is 8.25. The normalized spacial score (nSPS) is 14.8. The zero-order valence-corrected chi connectivity index (χ0v) is 14.2. The van der Waals surface area contributed by atoms with Crippen molar-refractivity contribution in [2.45, 2.75) is 38.6 Å². The number of nitrogens with one attached hydrogen (secondary N) is 2. The third-order valence-electron chi connectivity index (χ3n) is 4.16. The second-order valence-corrected chi connectivity index (χ2v) is 6.34. The summed E-state index contributed by atoms with van der Waals surface area (Å²) in [5.41, 5.74) is 2.19. The zero-order valence-electron chi connectivity index (χ0n) is 14.2. The lowest BCUT2D eigenvalue weighted by molar-refractivity contribution is -0.385. The van der Waals surface area contributed by atoms with E-state index in [2.05, 4.69) is 20.6 Å². The first-order valence-corrected chi connectivity index (χ1v) is 8.25. The minimum absolute atomic E-state index is 0.0240. The van der Waals surface area contributed by atoms with Crippen LogP contribution in [0.4, 0.5) is 23.1 Å². The Labute approximate surface area is 145 Å². The molecule has 1 fully saturated rings. The van der Waals surface area contributed by atoms with Crippen LogP contribution >= 0.6 is 0 Å². The van der Waals surface area contributed by atoms with Crippen LogP contribution < -0.4 is 10.6 Å². The Morgan fingerprint density at radius 1 is 1.40 bits per heavy atom. The third-order valence-corrected chi connectivity index (χ3v) is 4.16. The Kier molecular flexibility index (Phi) is 4.80. The number of aliphatic hydroxyl groups excluding tert-OH is 1. The van der Waals surface area contributed by atoms with Gasteiger partial charge in [0.1, 0.15) is 5.82 Å². The second-order valence-electron chi connectivity index (χ2n) is 6.34. The predicted molar refractivity (Wildman–Crippen MR) is 95.3 cm³/mol. The van der Waals surface area contributed by atoms with Crippen molar-refractivity contribution < 1.29 is 10.0 Å². The summed E-state index contributed by atoms with van der Waals surface area (Å²) in [5, 5.41) is 26.5. The average molecular weight is 343 g/mol. The number of benzene rings is 1.